The first kappa shape index (κ1) is 12.8. The van der Waals surface area contributed by atoms with Crippen molar-refractivity contribution < 1.29 is 13.2 Å². The van der Waals surface area contributed by atoms with E-state index in [1.165, 1.54) is 12.1 Å². The first-order valence-corrected chi connectivity index (χ1v) is 7.63. The van der Waals surface area contributed by atoms with Crippen molar-refractivity contribution in [2.45, 2.75) is 11.5 Å². The summed E-state index contributed by atoms with van der Waals surface area (Å²) in [4.78, 5) is 0.212. The van der Waals surface area contributed by atoms with Gasteiger partial charge in [-0.1, -0.05) is 10.6 Å². The Morgan fingerprint density at radius 3 is 2.83 bits per heavy atom. The molecule has 0 fully saturated rings. The number of hydrogen-bond donors (Lipinski definition) is 1. The van der Waals surface area contributed by atoms with E-state index in [0.29, 0.717) is 16.4 Å². The third-order valence-corrected chi connectivity index (χ3v) is 3.90. The standard InChI is InChI=1S/C10H11N3O3S2/c1-18(14,15)8-4-2-3-7(5-8)16-6-9-10(11)17-13-12-9/h2-5H,6,11H2,1H3. The second-order valence-electron chi connectivity index (χ2n) is 3.62. The molecule has 0 saturated carbocycles. The maximum atomic E-state index is 11.4. The molecule has 1 heterocycles. The highest BCUT2D eigenvalue weighted by Crippen LogP contribution is 2.20. The molecule has 0 aliphatic rings. The number of rotatable bonds is 4. The van der Waals surface area contributed by atoms with Crippen LogP contribution in [-0.4, -0.2) is 24.3 Å². The normalized spacial score (nSPS) is 11.4. The number of nitrogens with zero attached hydrogens (tertiary/aromatic N) is 2. The Morgan fingerprint density at radius 1 is 1.44 bits per heavy atom. The van der Waals surface area contributed by atoms with E-state index in [4.69, 9.17) is 10.5 Å². The molecule has 0 spiro atoms. The highest BCUT2D eigenvalue weighted by Gasteiger charge is 2.09. The van der Waals surface area contributed by atoms with Crippen molar-refractivity contribution in [1.29, 1.82) is 0 Å². The van der Waals surface area contributed by atoms with Crippen LogP contribution in [0.25, 0.3) is 0 Å². The zero-order valence-corrected chi connectivity index (χ0v) is 11.2. The van der Waals surface area contributed by atoms with E-state index >= 15 is 0 Å². The summed E-state index contributed by atoms with van der Waals surface area (Å²) in [5, 5.41) is 4.30. The van der Waals surface area contributed by atoms with Crippen LogP contribution in [0.2, 0.25) is 0 Å². The van der Waals surface area contributed by atoms with Crippen molar-refractivity contribution in [2.75, 3.05) is 12.0 Å². The number of hydrogen-bond acceptors (Lipinski definition) is 7. The number of sulfone groups is 1. The van der Waals surface area contributed by atoms with E-state index in [1.54, 1.807) is 12.1 Å². The van der Waals surface area contributed by atoms with Crippen LogP contribution in [0.15, 0.2) is 29.2 Å². The molecule has 18 heavy (non-hydrogen) atoms. The molecule has 1 aromatic carbocycles. The van der Waals surface area contributed by atoms with Gasteiger partial charge in [0, 0.05) is 17.8 Å². The zero-order chi connectivity index (χ0) is 13.2. The molecule has 6 nitrogen and oxygen atoms in total. The van der Waals surface area contributed by atoms with Crippen LogP contribution >= 0.6 is 11.5 Å². The third-order valence-electron chi connectivity index (χ3n) is 2.19. The van der Waals surface area contributed by atoms with Gasteiger partial charge >= 0.3 is 0 Å². The van der Waals surface area contributed by atoms with Gasteiger partial charge in [0.15, 0.2) is 9.84 Å². The predicted molar refractivity (Wildman–Crippen MR) is 68.2 cm³/mol. The summed E-state index contributed by atoms with van der Waals surface area (Å²) in [6, 6.07) is 6.27. The fourth-order valence-corrected chi connectivity index (χ4v) is 2.35. The molecule has 0 saturated heterocycles. The Kier molecular flexibility index (Phi) is 3.48. The third kappa shape index (κ3) is 2.96. The number of benzene rings is 1. The second kappa shape index (κ2) is 4.91. The van der Waals surface area contributed by atoms with E-state index in [1.807, 2.05) is 0 Å². The van der Waals surface area contributed by atoms with Gasteiger partial charge in [-0.3, -0.25) is 0 Å². The highest BCUT2D eigenvalue weighted by atomic mass is 32.2. The van der Waals surface area contributed by atoms with Crippen LogP contribution in [0.3, 0.4) is 0 Å². The second-order valence-corrected chi connectivity index (χ2v) is 6.42. The van der Waals surface area contributed by atoms with Crippen molar-refractivity contribution >= 4 is 26.4 Å². The minimum absolute atomic E-state index is 0.162. The van der Waals surface area contributed by atoms with Crippen LogP contribution in [0, 0.1) is 0 Å². The Hall–Kier alpha value is -1.67. The fourth-order valence-electron chi connectivity index (χ4n) is 1.26. The minimum Gasteiger partial charge on any atom is -0.487 e. The molecule has 0 aliphatic carbocycles. The van der Waals surface area contributed by atoms with Gasteiger partial charge in [-0.2, -0.15) is 0 Å². The molecular weight excluding hydrogens is 274 g/mol. The summed E-state index contributed by atoms with van der Waals surface area (Å²) in [6.45, 7) is 0.162. The van der Waals surface area contributed by atoms with Gasteiger partial charge in [0.25, 0.3) is 0 Å². The highest BCUT2D eigenvalue weighted by molar-refractivity contribution is 7.90. The summed E-state index contributed by atoms with van der Waals surface area (Å²) in [6.07, 6.45) is 1.15. The molecule has 2 rings (SSSR count). The molecule has 2 N–H and O–H groups in total. The lowest BCUT2D eigenvalue weighted by atomic mass is 10.3. The molecular formula is C10H11N3O3S2. The van der Waals surface area contributed by atoms with E-state index in [0.717, 1.165) is 17.8 Å². The van der Waals surface area contributed by atoms with E-state index in [2.05, 4.69) is 9.59 Å². The summed E-state index contributed by atoms with van der Waals surface area (Å²) in [5.41, 5.74) is 6.17. The molecule has 0 bridgehead atoms. The van der Waals surface area contributed by atoms with Crippen LogP contribution in [-0.2, 0) is 16.4 Å². The molecule has 0 aliphatic heterocycles. The van der Waals surface area contributed by atoms with Gasteiger partial charge in [0.1, 0.15) is 23.1 Å². The molecule has 8 heteroatoms. The van der Waals surface area contributed by atoms with Crippen LogP contribution in [0.4, 0.5) is 5.00 Å². The maximum absolute atomic E-state index is 11.4. The van der Waals surface area contributed by atoms with E-state index < -0.39 is 9.84 Å². The lowest BCUT2D eigenvalue weighted by molar-refractivity contribution is 0.301. The maximum Gasteiger partial charge on any atom is 0.175 e. The van der Waals surface area contributed by atoms with Crippen LogP contribution in [0.1, 0.15) is 5.69 Å². The summed E-state index contributed by atoms with van der Waals surface area (Å²) < 4.78 is 31.9. The number of aromatic nitrogens is 2. The fraction of sp³-hybridized carbons (Fsp3) is 0.200. The van der Waals surface area contributed by atoms with Crippen molar-refractivity contribution in [3.63, 3.8) is 0 Å². The predicted octanol–water partition coefficient (Wildman–Crippen LogP) is 1.10. The monoisotopic (exact) mass is 285 g/mol. The van der Waals surface area contributed by atoms with Crippen molar-refractivity contribution in [3.8, 4) is 5.75 Å². The molecule has 0 amide bonds. The minimum atomic E-state index is -3.24. The topological polar surface area (TPSA) is 95.2 Å². The lowest BCUT2D eigenvalue weighted by Crippen LogP contribution is -2.01. The molecule has 0 atom stereocenters. The van der Waals surface area contributed by atoms with Gasteiger partial charge in [-0.15, -0.1) is 5.10 Å². The van der Waals surface area contributed by atoms with Crippen molar-refractivity contribution in [1.82, 2.24) is 9.59 Å². The van der Waals surface area contributed by atoms with E-state index in [9.17, 15) is 8.42 Å². The Morgan fingerprint density at radius 2 is 2.22 bits per heavy atom. The largest absolute Gasteiger partial charge is 0.487 e. The molecule has 2 aromatic rings. The zero-order valence-electron chi connectivity index (χ0n) is 9.53. The first-order valence-electron chi connectivity index (χ1n) is 4.96. The quantitative estimate of drug-likeness (QED) is 0.904. The van der Waals surface area contributed by atoms with Crippen LogP contribution in [0.5, 0.6) is 5.75 Å². The molecule has 0 radical (unpaired) electrons. The van der Waals surface area contributed by atoms with Gasteiger partial charge in [0.2, 0.25) is 0 Å². The average molecular weight is 285 g/mol. The summed E-state index contributed by atoms with van der Waals surface area (Å²) in [7, 11) is -3.24. The van der Waals surface area contributed by atoms with Crippen molar-refractivity contribution in [3.05, 3.63) is 30.0 Å². The van der Waals surface area contributed by atoms with Crippen LogP contribution < -0.4 is 10.5 Å². The van der Waals surface area contributed by atoms with Gasteiger partial charge < -0.3 is 10.5 Å². The van der Waals surface area contributed by atoms with E-state index in [-0.39, 0.29) is 11.5 Å². The SMILES string of the molecule is CS(=O)(=O)c1cccc(OCc2nnsc2N)c1. The summed E-state index contributed by atoms with van der Waals surface area (Å²) in [5.74, 6) is 0.449. The van der Waals surface area contributed by atoms with Gasteiger partial charge in [-0.25, -0.2) is 8.42 Å². The Balaban J connectivity index is 2.13. The molecule has 0 unspecified atom stereocenters. The molecule has 1 aromatic heterocycles. The number of nitrogens with two attached hydrogens (primary N) is 1. The smallest absolute Gasteiger partial charge is 0.175 e. The number of ether oxygens (including phenoxy) is 1. The Bertz CT molecular complexity index is 652. The van der Waals surface area contributed by atoms with Crippen molar-refractivity contribution in [2.24, 2.45) is 0 Å². The summed E-state index contributed by atoms with van der Waals surface area (Å²) >= 11 is 1.09. The first-order chi connectivity index (χ1) is 8.47. The Labute approximate surface area is 108 Å². The number of anilines is 1. The van der Waals surface area contributed by atoms with Gasteiger partial charge in [0.05, 0.1) is 4.90 Å². The average Bonchev–Trinajstić information content (AvgIpc) is 2.72. The number of nitrogen functional groups attached to an aromatic ring is 1. The lowest BCUT2D eigenvalue weighted by Gasteiger charge is -2.06. The molecule has 96 valence electrons. The van der Waals surface area contributed by atoms with Gasteiger partial charge in [-0.05, 0) is 18.2 Å².